The standard InChI is InChI=1S/C14H9ClN2/c1-16-10-13(14-4-2-3-9-17-14)11-5-7-12(15)8-6-11/h2-10H/b13-10+. The third kappa shape index (κ3) is 2.72. The molecule has 82 valence electrons. The summed E-state index contributed by atoms with van der Waals surface area (Å²) in [5.41, 5.74) is 2.52. The predicted octanol–water partition coefficient (Wildman–Crippen LogP) is 4.04. The summed E-state index contributed by atoms with van der Waals surface area (Å²) in [7, 11) is 0. The van der Waals surface area contributed by atoms with Gasteiger partial charge in [-0.2, -0.15) is 0 Å². The van der Waals surface area contributed by atoms with Crippen LogP contribution in [0.5, 0.6) is 0 Å². The molecule has 17 heavy (non-hydrogen) atoms. The monoisotopic (exact) mass is 240 g/mol. The van der Waals surface area contributed by atoms with E-state index in [9.17, 15) is 0 Å². The maximum absolute atomic E-state index is 6.97. The summed E-state index contributed by atoms with van der Waals surface area (Å²) in [6.45, 7) is 6.97. The first-order chi connectivity index (χ1) is 8.31. The van der Waals surface area contributed by atoms with Gasteiger partial charge in [0.25, 0.3) is 0 Å². The number of benzene rings is 1. The summed E-state index contributed by atoms with van der Waals surface area (Å²) < 4.78 is 0. The fourth-order valence-electron chi connectivity index (χ4n) is 1.50. The van der Waals surface area contributed by atoms with E-state index in [4.69, 9.17) is 18.2 Å². The molecule has 1 aromatic heterocycles. The molecule has 0 bridgehead atoms. The second-order valence-corrected chi connectivity index (χ2v) is 3.83. The lowest BCUT2D eigenvalue weighted by Crippen LogP contribution is -1.90. The van der Waals surface area contributed by atoms with Crippen molar-refractivity contribution in [2.45, 2.75) is 0 Å². The molecule has 0 fully saturated rings. The molecule has 0 saturated carbocycles. The Labute approximate surface area is 105 Å². The van der Waals surface area contributed by atoms with Crippen molar-refractivity contribution in [1.82, 2.24) is 4.98 Å². The van der Waals surface area contributed by atoms with Crippen molar-refractivity contribution in [3.05, 3.63) is 82.6 Å². The van der Waals surface area contributed by atoms with E-state index >= 15 is 0 Å². The maximum Gasteiger partial charge on any atom is 0.164 e. The van der Waals surface area contributed by atoms with Crippen LogP contribution in [-0.4, -0.2) is 4.98 Å². The van der Waals surface area contributed by atoms with Crippen LogP contribution in [0.1, 0.15) is 11.3 Å². The van der Waals surface area contributed by atoms with Gasteiger partial charge in [0.1, 0.15) is 0 Å². The summed E-state index contributed by atoms with van der Waals surface area (Å²) in [6.07, 6.45) is 3.19. The fraction of sp³-hybridized carbons (Fsp3) is 0. The fourth-order valence-corrected chi connectivity index (χ4v) is 1.63. The Bertz CT molecular complexity index is 565. The average Bonchev–Trinajstić information content (AvgIpc) is 2.38. The van der Waals surface area contributed by atoms with Crippen molar-refractivity contribution in [2.24, 2.45) is 0 Å². The van der Waals surface area contributed by atoms with E-state index in [1.807, 2.05) is 30.3 Å². The minimum absolute atomic E-state index is 0.678. The Balaban J connectivity index is 2.48. The number of pyridine rings is 1. The van der Waals surface area contributed by atoms with E-state index in [0.29, 0.717) is 5.02 Å². The molecule has 0 radical (unpaired) electrons. The highest BCUT2D eigenvalue weighted by Gasteiger charge is 2.05. The Morgan fingerprint density at radius 1 is 1.18 bits per heavy atom. The number of halogens is 1. The van der Waals surface area contributed by atoms with E-state index in [0.717, 1.165) is 16.8 Å². The molecule has 2 rings (SSSR count). The third-order valence-corrected chi connectivity index (χ3v) is 2.54. The molecule has 2 aromatic rings. The van der Waals surface area contributed by atoms with Crippen LogP contribution in [0.25, 0.3) is 10.4 Å². The Morgan fingerprint density at radius 3 is 2.53 bits per heavy atom. The Kier molecular flexibility index (Phi) is 3.54. The summed E-state index contributed by atoms with van der Waals surface area (Å²) in [6, 6.07) is 13.0. The van der Waals surface area contributed by atoms with E-state index in [-0.39, 0.29) is 0 Å². The highest BCUT2D eigenvalue weighted by molar-refractivity contribution is 6.30. The van der Waals surface area contributed by atoms with Crippen molar-refractivity contribution >= 4 is 17.2 Å². The first-order valence-electron chi connectivity index (χ1n) is 5.05. The van der Waals surface area contributed by atoms with Crippen LogP contribution in [0.2, 0.25) is 5.02 Å². The molecule has 1 aromatic carbocycles. The van der Waals surface area contributed by atoms with Crippen LogP contribution in [-0.2, 0) is 0 Å². The van der Waals surface area contributed by atoms with Crippen molar-refractivity contribution in [3.63, 3.8) is 0 Å². The number of hydrogen-bond acceptors (Lipinski definition) is 1. The predicted molar refractivity (Wildman–Crippen MR) is 69.4 cm³/mol. The van der Waals surface area contributed by atoms with Gasteiger partial charge < -0.3 is 0 Å². The van der Waals surface area contributed by atoms with Gasteiger partial charge in [-0.15, -0.1) is 0 Å². The Hall–Kier alpha value is -2.11. The van der Waals surface area contributed by atoms with Crippen LogP contribution in [0.3, 0.4) is 0 Å². The lowest BCUT2D eigenvalue weighted by atomic mass is 10.0. The van der Waals surface area contributed by atoms with E-state index in [2.05, 4.69) is 9.83 Å². The van der Waals surface area contributed by atoms with Crippen LogP contribution >= 0.6 is 11.6 Å². The van der Waals surface area contributed by atoms with Gasteiger partial charge >= 0.3 is 0 Å². The molecule has 3 heteroatoms. The smallest absolute Gasteiger partial charge is 0.164 e. The highest BCUT2D eigenvalue weighted by atomic mass is 35.5. The van der Waals surface area contributed by atoms with Gasteiger partial charge in [0, 0.05) is 16.8 Å². The largest absolute Gasteiger partial charge is 0.258 e. The molecule has 0 amide bonds. The zero-order chi connectivity index (χ0) is 12.1. The van der Waals surface area contributed by atoms with Crippen molar-refractivity contribution in [3.8, 4) is 0 Å². The minimum atomic E-state index is 0.678. The third-order valence-electron chi connectivity index (χ3n) is 2.29. The zero-order valence-electron chi connectivity index (χ0n) is 8.97. The van der Waals surface area contributed by atoms with Crippen molar-refractivity contribution < 1.29 is 0 Å². The number of aromatic nitrogens is 1. The quantitative estimate of drug-likeness (QED) is 0.724. The second kappa shape index (κ2) is 5.29. The lowest BCUT2D eigenvalue weighted by Gasteiger charge is -2.06. The van der Waals surface area contributed by atoms with Gasteiger partial charge in [-0.1, -0.05) is 29.8 Å². The molecule has 0 N–H and O–H groups in total. The molecule has 0 aliphatic carbocycles. The summed E-state index contributed by atoms with van der Waals surface area (Å²) in [5.74, 6) is 0. The lowest BCUT2D eigenvalue weighted by molar-refractivity contribution is 1.27. The Morgan fingerprint density at radius 2 is 1.94 bits per heavy atom. The molecule has 1 heterocycles. The van der Waals surface area contributed by atoms with Crippen molar-refractivity contribution in [2.75, 3.05) is 0 Å². The summed E-state index contributed by atoms with van der Waals surface area (Å²) in [4.78, 5) is 7.58. The van der Waals surface area contributed by atoms with Crippen LogP contribution < -0.4 is 0 Å². The first-order valence-corrected chi connectivity index (χ1v) is 5.43. The summed E-state index contributed by atoms with van der Waals surface area (Å²) in [5, 5.41) is 0.678. The average molecular weight is 241 g/mol. The number of nitrogens with zero attached hydrogens (tertiary/aromatic N) is 2. The molecule has 0 unspecified atom stereocenters. The van der Waals surface area contributed by atoms with E-state index in [1.165, 1.54) is 6.20 Å². The van der Waals surface area contributed by atoms with Crippen LogP contribution in [0.15, 0.2) is 54.9 Å². The van der Waals surface area contributed by atoms with E-state index in [1.54, 1.807) is 18.3 Å². The summed E-state index contributed by atoms with van der Waals surface area (Å²) >= 11 is 5.84. The highest BCUT2D eigenvalue weighted by Crippen LogP contribution is 2.23. The van der Waals surface area contributed by atoms with Gasteiger partial charge in [0.05, 0.1) is 12.3 Å². The second-order valence-electron chi connectivity index (χ2n) is 3.39. The maximum atomic E-state index is 6.97. The van der Waals surface area contributed by atoms with Crippen LogP contribution in [0.4, 0.5) is 0 Å². The van der Waals surface area contributed by atoms with Crippen molar-refractivity contribution in [1.29, 1.82) is 0 Å². The van der Waals surface area contributed by atoms with Crippen LogP contribution in [0, 0.1) is 6.57 Å². The molecule has 0 saturated heterocycles. The molecular weight excluding hydrogens is 232 g/mol. The van der Waals surface area contributed by atoms with Gasteiger partial charge in [-0.3, -0.25) is 4.98 Å². The number of rotatable bonds is 2. The van der Waals surface area contributed by atoms with Gasteiger partial charge in [-0.05, 0) is 29.8 Å². The first kappa shape index (κ1) is 11.4. The van der Waals surface area contributed by atoms with Gasteiger partial charge in [0.2, 0.25) is 0 Å². The van der Waals surface area contributed by atoms with Gasteiger partial charge in [0.15, 0.2) is 6.20 Å². The molecule has 0 aliphatic heterocycles. The van der Waals surface area contributed by atoms with Gasteiger partial charge in [-0.25, -0.2) is 4.85 Å². The molecule has 0 atom stereocenters. The molecule has 2 nitrogen and oxygen atoms in total. The molecule has 0 aliphatic rings. The topological polar surface area (TPSA) is 17.2 Å². The number of hydrogen-bond donors (Lipinski definition) is 0. The SMILES string of the molecule is [C-]#[N+]/C=C(\c1ccc(Cl)cc1)c1ccccn1. The molecular formula is C14H9ClN2. The minimum Gasteiger partial charge on any atom is -0.258 e. The van der Waals surface area contributed by atoms with E-state index < -0.39 is 0 Å². The normalized spacial score (nSPS) is 10.9. The zero-order valence-corrected chi connectivity index (χ0v) is 9.72. The molecule has 0 spiro atoms.